The summed E-state index contributed by atoms with van der Waals surface area (Å²) in [6.07, 6.45) is 1.93. The molecule has 1 saturated heterocycles. The molecule has 4 heteroatoms. The molecular formula is C16H24N2O2. The zero-order valence-corrected chi connectivity index (χ0v) is 12.4. The third kappa shape index (κ3) is 3.81. The van der Waals surface area contributed by atoms with Crippen molar-refractivity contribution in [2.75, 3.05) is 26.3 Å². The van der Waals surface area contributed by atoms with Crippen molar-refractivity contribution in [3.63, 3.8) is 0 Å². The number of carbonyl (C=O) groups is 1. The minimum atomic E-state index is 0.00794. The molecule has 0 aliphatic carbocycles. The second kappa shape index (κ2) is 7.41. The first-order valence-corrected chi connectivity index (χ1v) is 7.39. The van der Waals surface area contributed by atoms with Gasteiger partial charge in [-0.2, -0.15) is 0 Å². The molecule has 1 amide bonds. The van der Waals surface area contributed by atoms with E-state index in [1.165, 1.54) is 5.56 Å². The Kier molecular flexibility index (Phi) is 5.56. The van der Waals surface area contributed by atoms with Crippen molar-refractivity contribution in [1.29, 1.82) is 0 Å². The van der Waals surface area contributed by atoms with Gasteiger partial charge in [-0.1, -0.05) is 36.8 Å². The first kappa shape index (κ1) is 15.0. The molecule has 1 fully saturated rings. The quantitative estimate of drug-likeness (QED) is 0.777. The maximum Gasteiger partial charge on any atom is 0.238 e. The van der Waals surface area contributed by atoms with Gasteiger partial charge in [0.05, 0.1) is 6.54 Å². The number of nitrogens with one attached hydrogen (secondary N) is 1. The Balaban J connectivity index is 1.93. The molecule has 0 radical (unpaired) electrons. The summed E-state index contributed by atoms with van der Waals surface area (Å²) in [7, 11) is 0. The SMILES string of the molecule is CCCOCCCN1C(=O)CNC1c1cccc(C)c1. The van der Waals surface area contributed by atoms with Crippen LogP contribution in [0.3, 0.4) is 0 Å². The summed E-state index contributed by atoms with van der Waals surface area (Å²) < 4.78 is 5.48. The van der Waals surface area contributed by atoms with Gasteiger partial charge in [0.25, 0.3) is 0 Å². The Labute approximate surface area is 121 Å². The van der Waals surface area contributed by atoms with Crippen LogP contribution >= 0.6 is 0 Å². The molecule has 1 aromatic rings. The van der Waals surface area contributed by atoms with Gasteiger partial charge < -0.3 is 9.64 Å². The number of amides is 1. The lowest BCUT2D eigenvalue weighted by atomic mass is 10.1. The number of benzene rings is 1. The summed E-state index contributed by atoms with van der Waals surface area (Å²) in [5.41, 5.74) is 2.38. The van der Waals surface area contributed by atoms with E-state index in [0.717, 1.165) is 38.2 Å². The molecule has 1 aliphatic rings. The van der Waals surface area contributed by atoms with E-state index in [1.807, 2.05) is 11.0 Å². The molecule has 0 bridgehead atoms. The third-order valence-corrected chi connectivity index (χ3v) is 3.47. The topological polar surface area (TPSA) is 41.6 Å². The van der Waals surface area contributed by atoms with Crippen LogP contribution in [-0.4, -0.2) is 37.1 Å². The summed E-state index contributed by atoms with van der Waals surface area (Å²) in [6.45, 7) is 6.86. The lowest BCUT2D eigenvalue weighted by Crippen LogP contribution is -2.31. The highest BCUT2D eigenvalue weighted by molar-refractivity contribution is 5.80. The molecule has 20 heavy (non-hydrogen) atoms. The van der Waals surface area contributed by atoms with Crippen molar-refractivity contribution < 1.29 is 9.53 Å². The van der Waals surface area contributed by atoms with Crippen molar-refractivity contribution in [3.05, 3.63) is 35.4 Å². The predicted octanol–water partition coefficient (Wildman–Crippen LogP) is 2.24. The lowest BCUT2D eigenvalue weighted by Gasteiger charge is -2.25. The number of nitrogens with zero attached hydrogens (tertiary/aromatic N) is 1. The standard InChI is InChI=1S/C16H24N2O2/c1-3-9-20-10-5-8-18-15(19)12-17-16(18)14-7-4-6-13(2)11-14/h4,6-7,11,16-17H,3,5,8-10,12H2,1-2H3. The predicted molar refractivity (Wildman–Crippen MR) is 79.4 cm³/mol. The van der Waals surface area contributed by atoms with Gasteiger partial charge in [0.2, 0.25) is 5.91 Å². The first-order chi connectivity index (χ1) is 9.72. The summed E-state index contributed by atoms with van der Waals surface area (Å²) >= 11 is 0. The van der Waals surface area contributed by atoms with Gasteiger partial charge >= 0.3 is 0 Å². The third-order valence-electron chi connectivity index (χ3n) is 3.47. The molecule has 1 heterocycles. The van der Waals surface area contributed by atoms with Crippen LogP contribution in [0.5, 0.6) is 0 Å². The average Bonchev–Trinajstić information content (AvgIpc) is 2.80. The van der Waals surface area contributed by atoms with E-state index in [4.69, 9.17) is 4.74 Å². The number of ether oxygens (including phenoxy) is 1. The maximum atomic E-state index is 12.0. The fourth-order valence-corrected chi connectivity index (χ4v) is 2.51. The highest BCUT2D eigenvalue weighted by Gasteiger charge is 2.30. The van der Waals surface area contributed by atoms with Crippen LogP contribution < -0.4 is 5.32 Å². The van der Waals surface area contributed by atoms with E-state index in [9.17, 15) is 4.79 Å². The molecule has 2 rings (SSSR count). The van der Waals surface area contributed by atoms with Gasteiger partial charge in [0, 0.05) is 19.8 Å². The Morgan fingerprint density at radius 1 is 1.40 bits per heavy atom. The van der Waals surface area contributed by atoms with Gasteiger partial charge in [-0.15, -0.1) is 0 Å². The van der Waals surface area contributed by atoms with Crippen molar-refractivity contribution in [1.82, 2.24) is 10.2 Å². The number of aryl methyl sites for hydroxylation is 1. The summed E-state index contributed by atoms with van der Waals surface area (Å²) in [5.74, 6) is 0.173. The molecule has 0 spiro atoms. The number of hydrogen-bond donors (Lipinski definition) is 1. The number of hydrogen-bond acceptors (Lipinski definition) is 3. The van der Waals surface area contributed by atoms with Crippen molar-refractivity contribution in [2.24, 2.45) is 0 Å². The molecule has 1 aliphatic heterocycles. The van der Waals surface area contributed by atoms with Gasteiger partial charge in [-0.3, -0.25) is 10.1 Å². The van der Waals surface area contributed by atoms with Crippen LogP contribution in [0, 0.1) is 6.92 Å². The van der Waals surface area contributed by atoms with Gasteiger partial charge in [0.1, 0.15) is 6.17 Å². The molecule has 1 aromatic carbocycles. The van der Waals surface area contributed by atoms with Crippen LogP contribution in [0.2, 0.25) is 0 Å². The van der Waals surface area contributed by atoms with E-state index in [0.29, 0.717) is 6.54 Å². The Bertz CT molecular complexity index is 448. The molecule has 1 N–H and O–H groups in total. The second-order valence-electron chi connectivity index (χ2n) is 5.25. The maximum absolute atomic E-state index is 12.0. The van der Waals surface area contributed by atoms with Crippen LogP contribution in [0.15, 0.2) is 24.3 Å². The Hall–Kier alpha value is -1.39. The van der Waals surface area contributed by atoms with E-state index >= 15 is 0 Å². The minimum absolute atomic E-state index is 0.00794. The van der Waals surface area contributed by atoms with Crippen LogP contribution in [0.4, 0.5) is 0 Å². The number of rotatable bonds is 7. The largest absolute Gasteiger partial charge is 0.381 e. The first-order valence-electron chi connectivity index (χ1n) is 7.39. The fourth-order valence-electron chi connectivity index (χ4n) is 2.51. The molecular weight excluding hydrogens is 252 g/mol. The van der Waals surface area contributed by atoms with E-state index in [2.05, 4.69) is 37.4 Å². The highest BCUT2D eigenvalue weighted by atomic mass is 16.5. The molecule has 1 unspecified atom stereocenters. The molecule has 1 atom stereocenters. The van der Waals surface area contributed by atoms with Crippen molar-refractivity contribution >= 4 is 5.91 Å². The van der Waals surface area contributed by atoms with Crippen molar-refractivity contribution in [3.8, 4) is 0 Å². The van der Waals surface area contributed by atoms with Gasteiger partial charge in [0.15, 0.2) is 0 Å². The summed E-state index contributed by atoms with van der Waals surface area (Å²) in [6, 6.07) is 8.32. The van der Waals surface area contributed by atoms with Crippen LogP contribution in [0.1, 0.15) is 37.1 Å². The zero-order chi connectivity index (χ0) is 14.4. The average molecular weight is 276 g/mol. The molecule has 0 aromatic heterocycles. The van der Waals surface area contributed by atoms with Crippen LogP contribution in [0.25, 0.3) is 0 Å². The smallest absolute Gasteiger partial charge is 0.238 e. The fraction of sp³-hybridized carbons (Fsp3) is 0.562. The Morgan fingerprint density at radius 2 is 2.25 bits per heavy atom. The summed E-state index contributed by atoms with van der Waals surface area (Å²) in [4.78, 5) is 13.9. The lowest BCUT2D eigenvalue weighted by molar-refractivity contribution is -0.128. The second-order valence-corrected chi connectivity index (χ2v) is 5.25. The van der Waals surface area contributed by atoms with Gasteiger partial charge in [-0.25, -0.2) is 0 Å². The summed E-state index contributed by atoms with van der Waals surface area (Å²) in [5, 5.41) is 3.29. The number of carbonyl (C=O) groups excluding carboxylic acids is 1. The van der Waals surface area contributed by atoms with E-state index in [1.54, 1.807) is 0 Å². The normalized spacial score (nSPS) is 18.8. The zero-order valence-electron chi connectivity index (χ0n) is 12.4. The van der Waals surface area contributed by atoms with E-state index in [-0.39, 0.29) is 12.1 Å². The monoisotopic (exact) mass is 276 g/mol. The Morgan fingerprint density at radius 3 is 3.00 bits per heavy atom. The molecule has 0 saturated carbocycles. The van der Waals surface area contributed by atoms with Gasteiger partial charge in [-0.05, 0) is 25.3 Å². The highest BCUT2D eigenvalue weighted by Crippen LogP contribution is 2.23. The minimum Gasteiger partial charge on any atom is -0.381 e. The molecule has 4 nitrogen and oxygen atoms in total. The van der Waals surface area contributed by atoms with Crippen LogP contribution in [-0.2, 0) is 9.53 Å². The van der Waals surface area contributed by atoms with E-state index < -0.39 is 0 Å². The van der Waals surface area contributed by atoms with Crippen molar-refractivity contribution in [2.45, 2.75) is 32.9 Å². The molecule has 110 valence electrons.